The van der Waals surface area contributed by atoms with E-state index in [2.05, 4.69) is 5.32 Å². The molecule has 0 aliphatic carbocycles. The van der Waals surface area contributed by atoms with E-state index in [1.54, 1.807) is 12.1 Å². The number of halogens is 1. The molecule has 2 aromatic carbocycles. The number of nitro benzene ring substituents is 1. The summed E-state index contributed by atoms with van der Waals surface area (Å²) in [5.74, 6) is -0.270. The van der Waals surface area contributed by atoms with E-state index in [9.17, 15) is 14.5 Å². The lowest BCUT2D eigenvalue weighted by atomic mass is 10.0. The number of nitrogens with zero attached hydrogens (tertiary/aromatic N) is 1. The minimum absolute atomic E-state index is 0.0409. The molecule has 0 aliphatic rings. The second kappa shape index (κ2) is 6.35. The quantitative estimate of drug-likeness (QED) is 0.646. The molecule has 5 heteroatoms. The van der Waals surface area contributed by atoms with E-state index in [-0.39, 0.29) is 17.5 Å². The van der Waals surface area contributed by atoms with Crippen LogP contribution in [0.5, 0.6) is 0 Å². The van der Waals surface area contributed by atoms with Crippen LogP contribution < -0.4 is 5.32 Å². The van der Waals surface area contributed by atoms with Crippen molar-refractivity contribution in [2.75, 3.05) is 5.32 Å². The normalized spacial score (nSPS) is 12.0. The number of aryl methyl sites for hydroxylation is 1. The summed E-state index contributed by atoms with van der Waals surface area (Å²) in [7, 11) is 0. The summed E-state index contributed by atoms with van der Waals surface area (Å²) in [6.45, 7) is 3.82. The van der Waals surface area contributed by atoms with Gasteiger partial charge in [-0.1, -0.05) is 19.1 Å². The summed E-state index contributed by atoms with van der Waals surface area (Å²) in [6, 6.07) is 11.1. The Hall–Kier alpha value is -2.43. The summed E-state index contributed by atoms with van der Waals surface area (Å²) in [6.07, 6.45) is 0.778. The molecule has 0 spiro atoms. The predicted molar refractivity (Wildman–Crippen MR) is 80.9 cm³/mol. The number of hydrogen-bond donors (Lipinski definition) is 1. The summed E-state index contributed by atoms with van der Waals surface area (Å²) in [4.78, 5) is 10.3. The van der Waals surface area contributed by atoms with Crippen LogP contribution in [0, 0.1) is 22.9 Å². The van der Waals surface area contributed by atoms with Crippen molar-refractivity contribution in [2.24, 2.45) is 0 Å². The van der Waals surface area contributed by atoms with Gasteiger partial charge in [-0.3, -0.25) is 10.1 Å². The van der Waals surface area contributed by atoms with Crippen molar-refractivity contribution in [3.05, 3.63) is 69.5 Å². The van der Waals surface area contributed by atoms with Gasteiger partial charge in [-0.05, 0) is 42.7 Å². The first-order chi connectivity index (χ1) is 10.0. The van der Waals surface area contributed by atoms with Gasteiger partial charge in [-0.2, -0.15) is 0 Å². The molecule has 0 amide bonds. The maximum Gasteiger partial charge on any atom is 0.269 e. The van der Waals surface area contributed by atoms with Crippen LogP contribution in [0.1, 0.15) is 30.5 Å². The number of non-ortho nitro benzene ring substituents is 1. The van der Waals surface area contributed by atoms with Crippen LogP contribution in [0.25, 0.3) is 0 Å². The zero-order valence-electron chi connectivity index (χ0n) is 12.0. The van der Waals surface area contributed by atoms with Gasteiger partial charge in [-0.25, -0.2) is 4.39 Å². The van der Waals surface area contributed by atoms with Gasteiger partial charge in [0.15, 0.2) is 0 Å². The fourth-order valence-corrected chi connectivity index (χ4v) is 2.26. The molecule has 21 heavy (non-hydrogen) atoms. The lowest BCUT2D eigenvalue weighted by Crippen LogP contribution is -2.11. The number of nitrogens with one attached hydrogen (secondary N) is 1. The molecular weight excluding hydrogens is 271 g/mol. The first-order valence-electron chi connectivity index (χ1n) is 6.78. The first-order valence-corrected chi connectivity index (χ1v) is 6.78. The molecule has 2 aromatic rings. The maximum absolute atomic E-state index is 13.3. The monoisotopic (exact) mass is 288 g/mol. The van der Waals surface area contributed by atoms with Crippen molar-refractivity contribution < 1.29 is 9.31 Å². The minimum Gasteiger partial charge on any atom is -0.378 e. The van der Waals surface area contributed by atoms with Gasteiger partial charge >= 0.3 is 0 Å². The molecule has 0 aromatic heterocycles. The second-order valence-corrected chi connectivity index (χ2v) is 4.92. The molecule has 110 valence electrons. The third kappa shape index (κ3) is 3.56. The molecule has 1 unspecified atom stereocenters. The summed E-state index contributed by atoms with van der Waals surface area (Å²) in [5.41, 5.74) is 2.53. The second-order valence-electron chi connectivity index (χ2n) is 4.92. The number of nitro groups is 1. The smallest absolute Gasteiger partial charge is 0.269 e. The van der Waals surface area contributed by atoms with Crippen LogP contribution in [0.3, 0.4) is 0 Å². The molecule has 2 rings (SSSR count). The average Bonchev–Trinajstić information content (AvgIpc) is 2.45. The van der Waals surface area contributed by atoms with Gasteiger partial charge < -0.3 is 5.32 Å². The SMILES string of the molecule is CCC(Nc1ccc([N+](=O)[O-])cc1C)c1cccc(F)c1. The van der Waals surface area contributed by atoms with Crippen LogP contribution in [0.4, 0.5) is 15.8 Å². The van der Waals surface area contributed by atoms with Crippen molar-refractivity contribution in [3.63, 3.8) is 0 Å². The van der Waals surface area contributed by atoms with Crippen molar-refractivity contribution in [3.8, 4) is 0 Å². The number of benzene rings is 2. The minimum atomic E-state index is -0.416. The highest BCUT2D eigenvalue weighted by Crippen LogP contribution is 2.27. The highest BCUT2D eigenvalue weighted by Gasteiger charge is 2.13. The molecule has 0 radical (unpaired) electrons. The molecule has 0 aliphatic heterocycles. The topological polar surface area (TPSA) is 55.2 Å². The van der Waals surface area contributed by atoms with Crippen LogP contribution in [0.15, 0.2) is 42.5 Å². The Kier molecular flexibility index (Phi) is 4.52. The fourth-order valence-electron chi connectivity index (χ4n) is 2.26. The van der Waals surface area contributed by atoms with E-state index in [1.165, 1.54) is 24.3 Å². The van der Waals surface area contributed by atoms with Crippen molar-refractivity contribution in [2.45, 2.75) is 26.3 Å². The summed E-state index contributed by atoms with van der Waals surface area (Å²) in [5, 5.41) is 14.1. The molecule has 1 atom stereocenters. The Labute approximate surface area is 122 Å². The molecular formula is C16H17FN2O2. The highest BCUT2D eigenvalue weighted by molar-refractivity contribution is 5.56. The summed E-state index contributed by atoms with van der Waals surface area (Å²) < 4.78 is 13.3. The van der Waals surface area contributed by atoms with E-state index in [4.69, 9.17) is 0 Å². The number of anilines is 1. The van der Waals surface area contributed by atoms with E-state index < -0.39 is 4.92 Å². The third-order valence-corrected chi connectivity index (χ3v) is 3.41. The molecule has 0 bridgehead atoms. The molecule has 1 N–H and O–H groups in total. The highest BCUT2D eigenvalue weighted by atomic mass is 19.1. The van der Waals surface area contributed by atoms with Crippen LogP contribution >= 0.6 is 0 Å². The standard InChI is InChI=1S/C16H17FN2O2/c1-3-15(12-5-4-6-13(17)10-12)18-16-8-7-14(19(20)21)9-11(16)2/h4-10,15,18H,3H2,1-2H3. The molecule has 4 nitrogen and oxygen atoms in total. The van der Waals surface area contributed by atoms with E-state index in [0.717, 1.165) is 23.2 Å². The molecule has 0 saturated carbocycles. The van der Waals surface area contributed by atoms with Gasteiger partial charge in [0.1, 0.15) is 5.82 Å². The zero-order valence-corrected chi connectivity index (χ0v) is 12.0. The van der Waals surface area contributed by atoms with E-state index in [0.29, 0.717) is 0 Å². The van der Waals surface area contributed by atoms with Crippen LogP contribution in [-0.4, -0.2) is 4.92 Å². The Bertz CT molecular complexity index is 658. The number of hydrogen-bond acceptors (Lipinski definition) is 3. The van der Waals surface area contributed by atoms with Crippen molar-refractivity contribution in [1.82, 2.24) is 0 Å². The van der Waals surface area contributed by atoms with Crippen molar-refractivity contribution >= 4 is 11.4 Å². The zero-order chi connectivity index (χ0) is 15.4. The van der Waals surface area contributed by atoms with Gasteiger partial charge in [0, 0.05) is 17.8 Å². The van der Waals surface area contributed by atoms with Gasteiger partial charge in [0.05, 0.1) is 11.0 Å². The molecule has 0 fully saturated rings. The third-order valence-electron chi connectivity index (χ3n) is 3.41. The average molecular weight is 288 g/mol. The lowest BCUT2D eigenvalue weighted by molar-refractivity contribution is -0.384. The van der Waals surface area contributed by atoms with Gasteiger partial charge in [0.25, 0.3) is 5.69 Å². The van der Waals surface area contributed by atoms with E-state index in [1.807, 2.05) is 19.9 Å². The van der Waals surface area contributed by atoms with Crippen LogP contribution in [-0.2, 0) is 0 Å². The lowest BCUT2D eigenvalue weighted by Gasteiger charge is -2.20. The first kappa shape index (κ1) is 15.0. The van der Waals surface area contributed by atoms with Crippen LogP contribution in [0.2, 0.25) is 0 Å². The van der Waals surface area contributed by atoms with E-state index >= 15 is 0 Å². The van der Waals surface area contributed by atoms with Gasteiger partial charge in [-0.15, -0.1) is 0 Å². The maximum atomic E-state index is 13.3. The fraction of sp³-hybridized carbons (Fsp3) is 0.250. The van der Waals surface area contributed by atoms with Gasteiger partial charge in [0.2, 0.25) is 0 Å². The van der Waals surface area contributed by atoms with Crippen molar-refractivity contribution in [1.29, 1.82) is 0 Å². The number of rotatable bonds is 5. The molecule has 0 heterocycles. The largest absolute Gasteiger partial charge is 0.378 e. The Balaban J connectivity index is 2.25. The summed E-state index contributed by atoms with van der Waals surface area (Å²) >= 11 is 0. The Morgan fingerprint density at radius 2 is 2.05 bits per heavy atom. The Morgan fingerprint density at radius 1 is 1.29 bits per heavy atom. The predicted octanol–water partition coefficient (Wildman–Crippen LogP) is 4.61. The Morgan fingerprint density at radius 3 is 2.62 bits per heavy atom. The molecule has 0 saturated heterocycles.